The lowest BCUT2D eigenvalue weighted by Crippen LogP contribution is -2.46. The summed E-state index contributed by atoms with van der Waals surface area (Å²) in [7, 11) is 2.08. The van der Waals surface area contributed by atoms with Crippen molar-refractivity contribution in [3.63, 3.8) is 0 Å². The topological polar surface area (TPSA) is 50.3 Å². The number of aryl methyl sites for hydroxylation is 1. The number of rotatable bonds is 4. The van der Waals surface area contributed by atoms with Gasteiger partial charge in [0.1, 0.15) is 5.82 Å². The number of aromatic nitrogens is 2. The lowest BCUT2D eigenvalue weighted by atomic mass is 10.0. The Kier molecular flexibility index (Phi) is 4.38. The molecule has 2 aliphatic rings. The molecule has 0 radical (unpaired) electrons. The van der Waals surface area contributed by atoms with Crippen molar-refractivity contribution >= 4 is 0 Å². The van der Waals surface area contributed by atoms with E-state index < -0.39 is 0 Å². The molecule has 2 aliphatic heterocycles. The van der Waals surface area contributed by atoms with Gasteiger partial charge in [-0.25, -0.2) is 4.98 Å². The average molecular weight is 277 g/mol. The third kappa shape index (κ3) is 3.22. The zero-order valence-corrected chi connectivity index (χ0v) is 12.5. The lowest BCUT2D eigenvalue weighted by Gasteiger charge is -2.34. The molecule has 0 aromatic carbocycles. The number of imidazole rings is 1. The van der Waals surface area contributed by atoms with E-state index in [0.29, 0.717) is 6.04 Å². The van der Waals surface area contributed by atoms with Crippen molar-refractivity contribution < 1.29 is 0 Å². The van der Waals surface area contributed by atoms with E-state index >= 15 is 0 Å². The quantitative estimate of drug-likeness (QED) is 0.869. The molecular weight excluding hydrogens is 250 g/mol. The minimum atomic E-state index is 0.437. The molecule has 0 aliphatic carbocycles. The van der Waals surface area contributed by atoms with Crippen molar-refractivity contribution in [3.8, 4) is 0 Å². The van der Waals surface area contributed by atoms with Crippen LogP contribution in [0.25, 0.3) is 0 Å². The zero-order chi connectivity index (χ0) is 13.9. The molecule has 1 aromatic rings. The van der Waals surface area contributed by atoms with Gasteiger partial charge in [0.2, 0.25) is 0 Å². The van der Waals surface area contributed by atoms with Crippen LogP contribution < -0.4 is 5.73 Å². The summed E-state index contributed by atoms with van der Waals surface area (Å²) < 4.78 is 2.12. The van der Waals surface area contributed by atoms with Gasteiger partial charge in [0.05, 0.1) is 0 Å². The van der Waals surface area contributed by atoms with E-state index in [1.54, 1.807) is 0 Å². The summed E-state index contributed by atoms with van der Waals surface area (Å²) in [5.74, 6) is 1.19. The number of nitrogens with zero attached hydrogens (tertiary/aromatic N) is 4. The number of nitrogens with two attached hydrogens (primary N) is 1. The standard InChI is InChI=1S/C15H27N5/c1-18-11-6-17-15(18)5-8-19-7-4-14(12-19)20-9-2-13(16)3-10-20/h6,11,13-14H,2-5,7-10,12,16H2,1H3. The molecule has 2 fully saturated rings. The second-order valence-electron chi connectivity index (χ2n) is 6.32. The van der Waals surface area contributed by atoms with E-state index in [1.165, 1.54) is 51.3 Å². The maximum Gasteiger partial charge on any atom is 0.109 e. The predicted molar refractivity (Wildman–Crippen MR) is 80.5 cm³/mol. The largest absolute Gasteiger partial charge is 0.338 e. The smallest absolute Gasteiger partial charge is 0.109 e. The molecule has 0 spiro atoms. The molecule has 112 valence electrons. The Hall–Kier alpha value is -0.910. The SMILES string of the molecule is Cn1ccnc1CCN1CCC(N2CCC(N)CC2)C1. The fraction of sp³-hybridized carbons (Fsp3) is 0.800. The maximum atomic E-state index is 5.99. The Bertz CT molecular complexity index is 422. The second-order valence-corrected chi connectivity index (χ2v) is 6.32. The van der Waals surface area contributed by atoms with Crippen molar-refractivity contribution in [2.75, 3.05) is 32.7 Å². The molecule has 0 bridgehead atoms. The summed E-state index contributed by atoms with van der Waals surface area (Å²) in [6, 6.07) is 1.19. The van der Waals surface area contributed by atoms with Crippen molar-refractivity contribution in [1.29, 1.82) is 0 Å². The van der Waals surface area contributed by atoms with Gasteiger partial charge in [-0.15, -0.1) is 0 Å². The van der Waals surface area contributed by atoms with Crippen LogP contribution in [-0.2, 0) is 13.5 Å². The first-order valence-corrected chi connectivity index (χ1v) is 7.90. The van der Waals surface area contributed by atoms with E-state index in [-0.39, 0.29) is 0 Å². The van der Waals surface area contributed by atoms with E-state index in [0.717, 1.165) is 19.0 Å². The van der Waals surface area contributed by atoms with Gasteiger partial charge in [-0.1, -0.05) is 0 Å². The first kappa shape index (κ1) is 14.0. The number of likely N-dealkylation sites (tertiary alicyclic amines) is 2. The molecule has 3 heterocycles. The summed E-state index contributed by atoms with van der Waals surface area (Å²) in [4.78, 5) is 9.65. The Balaban J connectivity index is 1.44. The summed E-state index contributed by atoms with van der Waals surface area (Å²) in [6.07, 6.45) is 8.63. The van der Waals surface area contributed by atoms with Gasteiger partial charge < -0.3 is 15.2 Å². The molecule has 20 heavy (non-hydrogen) atoms. The van der Waals surface area contributed by atoms with Crippen LogP contribution >= 0.6 is 0 Å². The molecule has 5 nitrogen and oxygen atoms in total. The van der Waals surface area contributed by atoms with Gasteiger partial charge in [0, 0.05) is 51.0 Å². The van der Waals surface area contributed by atoms with E-state index in [1.807, 2.05) is 12.4 Å². The van der Waals surface area contributed by atoms with Crippen LogP contribution in [-0.4, -0.2) is 64.2 Å². The number of hydrogen-bond donors (Lipinski definition) is 1. The molecular formula is C15H27N5. The van der Waals surface area contributed by atoms with Crippen LogP contribution in [0.15, 0.2) is 12.4 Å². The van der Waals surface area contributed by atoms with Crippen LogP contribution in [0.3, 0.4) is 0 Å². The van der Waals surface area contributed by atoms with Gasteiger partial charge in [-0.05, 0) is 38.9 Å². The van der Waals surface area contributed by atoms with Gasteiger partial charge >= 0.3 is 0 Å². The van der Waals surface area contributed by atoms with Gasteiger partial charge in [0.25, 0.3) is 0 Å². The normalized spacial score (nSPS) is 26.4. The highest BCUT2D eigenvalue weighted by atomic mass is 15.3. The number of hydrogen-bond acceptors (Lipinski definition) is 4. The summed E-state index contributed by atoms with van der Waals surface area (Å²) in [5, 5.41) is 0. The molecule has 0 amide bonds. The van der Waals surface area contributed by atoms with Gasteiger partial charge in [0.15, 0.2) is 0 Å². The van der Waals surface area contributed by atoms with Crippen LogP contribution in [0, 0.1) is 0 Å². The molecule has 1 aromatic heterocycles. The van der Waals surface area contributed by atoms with E-state index in [9.17, 15) is 0 Å². The fourth-order valence-corrected chi connectivity index (χ4v) is 3.49. The predicted octanol–water partition coefficient (Wildman–Crippen LogP) is 0.460. The Morgan fingerprint density at radius 3 is 2.75 bits per heavy atom. The van der Waals surface area contributed by atoms with E-state index in [4.69, 9.17) is 5.73 Å². The monoisotopic (exact) mass is 277 g/mol. The fourth-order valence-electron chi connectivity index (χ4n) is 3.49. The molecule has 2 saturated heterocycles. The minimum absolute atomic E-state index is 0.437. The molecule has 1 atom stereocenters. The molecule has 5 heteroatoms. The van der Waals surface area contributed by atoms with Crippen LogP contribution in [0.5, 0.6) is 0 Å². The third-order valence-corrected chi connectivity index (χ3v) is 4.91. The van der Waals surface area contributed by atoms with Gasteiger partial charge in [-0.2, -0.15) is 0 Å². The van der Waals surface area contributed by atoms with E-state index in [2.05, 4.69) is 26.4 Å². The molecule has 0 saturated carbocycles. The lowest BCUT2D eigenvalue weighted by molar-refractivity contribution is 0.152. The Labute approximate surface area is 121 Å². The second kappa shape index (κ2) is 6.24. The van der Waals surface area contributed by atoms with Crippen LogP contribution in [0.4, 0.5) is 0 Å². The first-order valence-electron chi connectivity index (χ1n) is 7.90. The summed E-state index contributed by atoms with van der Waals surface area (Å²) in [6.45, 7) is 5.98. The first-order chi connectivity index (χ1) is 9.72. The summed E-state index contributed by atoms with van der Waals surface area (Å²) >= 11 is 0. The highest BCUT2D eigenvalue weighted by Crippen LogP contribution is 2.20. The van der Waals surface area contributed by atoms with Crippen LogP contribution in [0.2, 0.25) is 0 Å². The van der Waals surface area contributed by atoms with Crippen molar-refractivity contribution in [3.05, 3.63) is 18.2 Å². The Morgan fingerprint density at radius 1 is 1.25 bits per heavy atom. The molecule has 1 unspecified atom stereocenters. The van der Waals surface area contributed by atoms with Crippen molar-refractivity contribution in [2.24, 2.45) is 12.8 Å². The average Bonchev–Trinajstić information content (AvgIpc) is 3.06. The third-order valence-electron chi connectivity index (χ3n) is 4.91. The minimum Gasteiger partial charge on any atom is -0.338 e. The summed E-state index contributed by atoms with van der Waals surface area (Å²) in [5.41, 5.74) is 5.99. The highest BCUT2D eigenvalue weighted by molar-refractivity contribution is 4.93. The highest BCUT2D eigenvalue weighted by Gasteiger charge is 2.29. The van der Waals surface area contributed by atoms with Crippen molar-refractivity contribution in [1.82, 2.24) is 19.4 Å². The molecule has 3 rings (SSSR count). The Morgan fingerprint density at radius 2 is 2.05 bits per heavy atom. The van der Waals surface area contributed by atoms with Crippen LogP contribution in [0.1, 0.15) is 25.1 Å². The molecule has 2 N–H and O–H groups in total. The van der Waals surface area contributed by atoms with Crippen molar-refractivity contribution in [2.45, 2.75) is 37.8 Å². The number of piperidine rings is 1. The van der Waals surface area contributed by atoms with Gasteiger partial charge in [-0.3, -0.25) is 4.90 Å². The zero-order valence-electron chi connectivity index (χ0n) is 12.5. The maximum absolute atomic E-state index is 5.99.